The molecule has 0 radical (unpaired) electrons. The van der Waals surface area contributed by atoms with E-state index >= 15 is 0 Å². The molecule has 0 aliphatic heterocycles. The Kier molecular flexibility index (Phi) is 6.28. The van der Waals surface area contributed by atoms with E-state index in [2.05, 4.69) is 26.2 Å². The molecule has 0 aromatic heterocycles. The van der Waals surface area contributed by atoms with Crippen molar-refractivity contribution in [3.63, 3.8) is 0 Å². The lowest BCUT2D eigenvalue weighted by molar-refractivity contribution is 0.914. The van der Waals surface area contributed by atoms with Gasteiger partial charge in [0.05, 0.1) is 0 Å². The second kappa shape index (κ2) is 6.21. The summed E-state index contributed by atoms with van der Waals surface area (Å²) in [6.45, 7) is 4.30. The van der Waals surface area contributed by atoms with Crippen LogP contribution in [0.5, 0.6) is 0 Å². The van der Waals surface area contributed by atoms with E-state index in [4.69, 9.17) is 0 Å². The minimum Gasteiger partial charge on any atom is -0.165 e. The summed E-state index contributed by atoms with van der Waals surface area (Å²) >= 11 is 1.93. The lowest BCUT2D eigenvalue weighted by Crippen LogP contribution is -1.79. The molecule has 0 unspecified atom stereocenters. The van der Waals surface area contributed by atoms with Crippen molar-refractivity contribution in [3.05, 3.63) is 11.6 Å². The van der Waals surface area contributed by atoms with E-state index in [9.17, 15) is 0 Å². The smallest absolute Gasteiger partial charge is 0.00673 e. The van der Waals surface area contributed by atoms with Gasteiger partial charge in [-0.1, -0.05) is 11.6 Å². The molecule has 0 bridgehead atoms. The van der Waals surface area contributed by atoms with Gasteiger partial charge in [0.1, 0.15) is 0 Å². The van der Waals surface area contributed by atoms with Crippen LogP contribution >= 0.6 is 11.8 Å². The second-order valence-corrected chi connectivity index (χ2v) is 3.22. The van der Waals surface area contributed by atoms with Gasteiger partial charge in [0.2, 0.25) is 0 Å². The first-order chi connectivity index (χ1) is 4.31. The molecule has 0 heterocycles. The van der Waals surface area contributed by atoms with E-state index in [-0.39, 0.29) is 0 Å². The quantitative estimate of drug-likeness (QED) is 0.431. The molecule has 0 spiro atoms. The van der Waals surface area contributed by atoms with Crippen LogP contribution in [0.3, 0.4) is 0 Å². The Morgan fingerprint density at radius 1 is 1.56 bits per heavy atom. The minimum atomic E-state index is 1.28. The van der Waals surface area contributed by atoms with Crippen LogP contribution in [0, 0.1) is 0 Å². The van der Waals surface area contributed by atoms with E-state index in [1.165, 1.54) is 24.2 Å². The molecule has 0 atom stereocenters. The van der Waals surface area contributed by atoms with Gasteiger partial charge in [-0.3, -0.25) is 0 Å². The Bertz CT molecular complexity index is 84.6. The number of hydrogen-bond donors (Lipinski definition) is 0. The summed E-state index contributed by atoms with van der Waals surface area (Å²) in [6, 6.07) is 0. The molecule has 0 amide bonds. The van der Waals surface area contributed by atoms with Crippen molar-refractivity contribution < 1.29 is 0 Å². The summed E-state index contributed by atoms with van der Waals surface area (Å²) in [5.41, 5.74) is 1.52. The van der Waals surface area contributed by atoms with E-state index in [1.54, 1.807) is 0 Å². The zero-order valence-electron chi connectivity index (χ0n) is 6.61. The number of hydrogen-bond acceptors (Lipinski definition) is 1. The van der Waals surface area contributed by atoms with Gasteiger partial charge in [0.15, 0.2) is 0 Å². The molecule has 0 aliphatic carbocycles. The standard InChI is InChI=1S/C8H16S/c1-4-8(2)6-5-7-9-3/h4H,5-7H2,1-3H3/b8-4+. The molecule has 0 aliphatic rings. The van der Waals surface area contributed by atoms with Crippen molar-refractivity contribution in [1.82, 2.24) is 0 Å². The van der Waals surface area contributed by atoms with Crippen LogP contribution in [0.1, 0.15) is 26.7 Å². The highest BCUT2D eigenvalue weighted by atomic mass is 32.2. The SMILES string of the molecule is C/C=C(\C)CCCSC. The lowest BCUT2D eigenvalue weighted by atomic mass is 10.2. The summed E-state index contributed by atoms with van der Waals surface area (Å²) in [6.07, 6.45) is 6.96. The van der Waals surface area contributed by atoms with Gasteiger partial charge in [0, 0.05) is 0 Å². The molecule has 0 N–H and O–H groups in total. The average Bonchev–Trinajstić information content (AvgIpc) is 1.89. The molecule has 0 saturated carbocycles. The highest BCUT2D eigenvalue weighted by Crippen LogP contribution is 2.06. The van der Waals surface area contributed by atoms with Crippen molar-refractivity contribution in [1.29, 1.82) is 0 Å². The maximum atomic E-state index is 2.19. The Morgan fingerprint density at radius 2 is 2.22 bits per heavy atom. The first-order valence-corrected chi connectivity index (χ1v) is 4.81. The molecule has 9 heavy (non-hydrogen) atoms. The first kappa shape index (κ1) is 9.09. The molecule has 0 aromatic rings. The van der Waals surface area contributed by atoms with Gasteiger partial charge in [-0.15, -0.1) is 0 Å². The minimum absolute atomic E-state index is 1.28. The van der Waals surface area contributed by atoms with Crippen molar-refractivity contribution in [2.75, 3.05) is 12.0 Å². The van der Waals surface area contributed by atoms with Crippen molar-refractivity contribution in [2.24, 2.45) is 0 Å². The number of thioether (sulfide) groups is 1. The molecule has 0 saturated heterocycles. The van der Waals surface area contributed by atoms with Gasteiger partial charge in [0.25, 0.3) is 0 Å². The lowest BCUT2D eigenvalue weighted by Gasteiger charge is -1.96. The molecule has 0 aromatic carbocycles. The molecular formula is C8H16S. The molecule has 1 heteroatoms. The zero-order chi connectivity index (χ0) is 7.11. The largest absolute Gasteiger partial charge is 0.165 e. The second-order valence-electron chi connectivity index (χ2n) is 2.23. The number of allylic oxidation sites excluding steroid dienone is 2. The fourth-order valence-electron chi connectivity index (χ4n) is 0.640. The molecule has 54 valence electrons. The summed E-state index contributed by atoms with van der Waals surface area (Å²) in [4.78, 5) is 0. The number of rotatable bonds is 4. The van der Waals surface area contributed by atoms with Crippen molar-refractivity contribution in [2.45, 2.75) is 26.7 Å². The summed E-state index contributed by atoms with van der Waals surface area (Å²) in [7, 11) is 0. The third-order valence-electron chi connectivity index (χ3n) is 1.41. The summed E-state index contributed by atoms with van der Waals surface area (Å²) in [5.74, 6) is 1.30. The van der Waals surface area contributed by atoms with E-state index in [0.717, 1.165) is 0 Å². The first-order valence-electron chi connectivity index (χ1n) is 3.42. The van der Waals surface area contributed by atoms with Crippen LogP contribution in [-0.4, -0.2) is 12.0 Å². The van der Waals surface area contributed by atoms with Gasteiger partial charge in [-0.05, 0) is 38.7 Å². The van der Waals surface area contributed by atoms with E-state index in [1.807, 2.05) is 11.8 Å². The van der Waals surface area contributed by atoms with Crippen LogP contribution in [0.25, 0.3) is 0 Å². The fraction of sp³-hybridized carbons (Fsp3) is 0.750. The maximum absolute atomic E-state index is 2.19. The highest BCUT2D eigenvalue weighted by Gasteiger charge is 1.86. The Hall–Kier alpha value is 0.0900. The van der Waals surface area contributed by atoms with E-state index in [0.29, 0.717) is 0 Å². The van der Waals surface area contributed by atoms with Crippen LogP contribution < -0.4 is 0 Å². The fourth-order valence-corrected chi connectivity index (χ4v) is 1.07. The Labute approximate surface area is 62.7 Å². The third kappa shape index (κ3) is 5.97. The monoisotopic (exact) mass is 144 g/mol. The van der Waals surface area contributed by atoms with Crippen LogP contribution in [0.15, 0.2) is 11.6 Å². The normalized spacial score (nSPS) is 12.1. The third-order valence-corrected chi connectivity index (χ3v) is 2.11. The van der Waals surface area contributed by atoms with Gasteiger partial charge in [-0.2, -0.15) is 11.8 Å². The predicted octanol–water partition coefficient (Wildman–Crippen LogP) is 3.10. The average molecular weight is 144 g/mol. The Balaban J connectivity index is 3.07. The van der Waals surface area contributed by atoms with Crippen LogP contribution in [0.2, 0.25) is 0 Å². The molecular weight excluding hydrogens is 128 g/mol. The molecule has 0 nitrogen and oxygen atoms in total. The molecule has 0 rings (SSSR count). The van der Waals surface area contributed by atoms with E-state index < -0.39 is 0 Å². The predicted molar refractivity (Wildman–Crippen MR) is 47.0 cm³/mol. The van der Waals surface area contributed by atoms with Crippen molar-refractivity contribution >= 4 is 11.8 Å². The summed E-state index contributed by atoms with van der Waals surface area (Å²) < 4.78 is 0. The van der Waals surface area contributed by atoms with Crippen molar-refractivity contribution in [3.8, 4) is 0 Å². The zero-order valence-corrected chi connectivity index (χ0v) is 7.42. The van der Waals surface area contributed by atoms with Gasteiger partial charge < -0.3 is 0 Å². The topological polar surface area (TPSA) is 0 Å². The van der Waals surface area contributed by atoms with Crippen LogP contribution in [-0.2, 0) is 0 Å². The maximum Gasteiger partial charge on any atom is -0.00673 e. The van der Waals surface area contributed by atoms with Crippen LogP contribution in [0.4, 0.5) is 0 Å². The summed E-state index contributed by atoms with van der Waals surface area (Å²) in [5, 5.41) is 0. The molecule has 0 fully saturated rings. The van der Waals surface area contributed by atoms with Gasteiger partial charge in [-0.25, -0.2) is 0 Å². The van der Waals surface area contributed by atoms with Gasteiger partial charge >= 0.3 is 0 Å². The Morgan fingerprint density at radius 3 is 2.67 bits per heavy atom. The highest BCUT2D eigenvalue weighted by molar-refractivity contribution is 7.98.